The van der Waals surface area contributed by atoms with E-state index in [4.69, 9.17) is 11.6 Å². The monoisotopic (exact) mass is 768 g/mol. The van der Waals surface area contributed by atoms with Crippen molar-refractivity contribution in [2.75, 3.05) is 16.0 Å². The second-order valence-corrected chi connectivity index (χ2v) is 15.9. The molecule has 5 aliphatic rings. The number of aliphatic hydroxyl groups is 1. The average molecular weight is 769 g/mol. The predicted octanol–water partition coefficient (Wildman–Crippen LogP) is 9.76. The molecular weight excluding hydrogens is 741 g/mol. The van der Waals surface area contributed by atoms with Crippen LogP contribution in [0.4, 0.5) is 22.7 Å². The number of aliphatic hydroxyl groups excluding tert-OH is 1. The molecular formula is C52H28N6O2. The second kappa shape index (κ2) is 11.1. The minimum atomic E-state index is -1.04. The van der Waals surface area contributed by atoms with Crippen LogP contribution < -0.4 is 26.5 Å². The third-order valence-electron chi connectivity index (χ3n) is 13.1. The maximum atomic E-state index is 14.9. The number of carbonyl (C=O) groups is 1. The molecule has 8 nitrogen and oxygen atoms in total. The van der Waals surface area contributed by atoms with Gasteiger partial charge in [0.15, 0.2) is 17.0 Å². The van der Waals surface area contributed by atoms with Gasteiger partial charge in [0.2, 0.25) is 5.78 Å². The Labute approximate surface area is 342 Å². The molecule has 0 aromatic heterocycles. The second-order valence-electron chi connectivity index (χ2n) is 15.9. The van der Waals surface area contributed by atoms with Crippen molar-refractivity contribution in [2.24, 2.45) is 4.99 Å². The number of Topliss-reactive ketones (excluding diaryl/α,β-unsaturated/α-hetero) is 1. The molecule has 8 heteroatoms. The predicted molar refractivity (Wildman–Crippen MR) is 234 cm³/mol. The molecule has 278 valence electrons. The van der Waals surface area contributed by atoms with Crippen molar-refractivity contribution >= 4 is 61.2 Å². The van der Waals surface area contributed by atoms with E-state index in [1.165, 1.54) is 0 Å². The highest BCUT2D eigenvalue weighted by Gasteiger charge is 2.49. The number of benzene rings is 8. The first-order chi connectivity index (χ1) is 29.4. The summed E-state index contributed by atoms with van der Waals surface area (Å²) < 4.78 is 0. The van der Waals surface area contributed by atoms with Gasteiger partial charge in [-0.25, -0.2) is 9.84 Å². The molecule has 0 radical (unpaired) electrons. The number of allylic oxidation sites excluding steroid dienone is 2. The number of nitrogens with one attached hydrogen (secondary N) is 3. The number of rotatable bonds is 1. The van der Waals surface area contributed by atoms with Gasteiger partial charge >= 0.3 is 0 Å². The first-order valence-electron chi connectivity index (χ1n) is 19.7. The number of carbonyl (C=O) groups excluding carboxylic acids is 1. The Bertz CT molecular complexity index is 3670. The molecule has 2 atom stereocenters. The van der Waals surface area contributed by atoms with Crippen LogP contribution in [0.5, 0.6) is 0 Å². The highest BCUT2D eigenvalue weighted by Crippen LogP contribution is 2.56. The Hall–Kier alpha value is -8.46. The number of hydrogen-bond acceptors (Lipinski definition) is 7. The van der Waals surface area contributed by atoms with Gasteiger partial charge in [-0.1, -0.05) is 115 Å². The standard InChI is InChI=1S/C52H28N6O2/c1-54-30-19-23-40-36(25-30)32-11-3-5-13-38(32)52(40)56-42-15-7-9-29-18-21-34(48(58-52)44(29)42)46-49(59)45(50(46)60)33-20-17-28-8-6-14-41-43(28)47(33)57-51(55-41)37-12-4-2-10-31(37)35-24-27(26-53)16-22-39(35)51/h2-25,55-56,58-59H/b45-33+. The van der Waals surface area contributed by atoms with Gasteiger partial charge in [0.05, 0.1) is 40.4 Å². The number of hydrogen-bond donors (Lipinski definition) is 4. The Morgan fingerprint density at radius 2 is 1.28 bits per heavy atom. The average Bonchev–Trinajstić information content (AvgIpc) is 3.70. The van der Waals surface area contributed by atoms with Crippen molar-refractivity contribution in [1.29, 1.82) is 5.26 Å². The van der Waals surface area contributed by atoms with Gasteiger partial charge in [-0.2, -0.15) is 5.26 Å². The van der Waals surface area contributed by atoms with Crippen molar-refractivity contribution in [2.45, 2.75) is 11.3 Å². The van der Waals surface area contributed by atoms with E-state index < -0.39 is 11.3 Å². The SMILES string of the molecule is [C-]#[N+]c1ccc2c(c1)-c1ccccc1C21Nc2cccc3ccc(C4=C(O)/C(=c5/ccc6cccc7c6c5=NC5(N7)c6ccccc6-c6cc(C#N)ccc65)C4=O)c(c23)N1. The van der Waals surface area contributed by atoms with Crippen molar-refractivity contribution < 1.29 is 9.90 Å². The van der Waals surface area contributed by atoms with E-state index >= 15 is 0 Å². The lowest BCUT2D eigenvalue weighted by atomic mass is 9.79. The van der Waals surface area contributed by atoms with Crippen LogP contribution >= 0.6 is 0 Å². The van der Waals surface area contributed by atoms with Crippen LogP contribution in [0.15, 0.2) is 156 Å². The minimum absolute atomic E-state index is 0.0851. The van der Waals surface area contributed by atoms with E-state index in [2.05, 4.69) is 51.1 Å². The molecule has 2 unspecified atom stereocenters. The normalized spacial score (nSPS) is 20.2. The first-order valence-corrected chi connectivity index (χ1v) is 19.7. The zero-order chi connectivity index (χ0) is 40.1. The van der Waals surface area contributed by atoms with Crippen LogP contribution in [-0.4, -0.2) is 10.9 Å². The van der Waals surface area contributed by atoms with Crippen molar-refractivity contribution in [3.05, 3.63) is 207 Å². The van der Waals surface area contributed by atoms with Crippen molar-refractivity contribution in [3.63, 3.8) is 0 Å². The molecule has 2 heterocycles. The Balaban J connectivity index is 1.05. The molecule has 13 rings (SSSR count). The maximum Gasteiger partial charge on any atom is 0.201 e. The van der Waals surface area contributed by atoms with Crippen LogP contribution in [0.1, 0.15) is 33.4 Å². The Morgan fingerprint density at radius 3 is 2.07 bits per heavy atom. The fourth-order valence-corrected chi connectivity index (χ4v) is 10.5. The van der Waals surface area contributed by atoms with E-state index in [1.807, 2.05) is 121 Å². The molecule has 60 heavy (non-hydrogen) atoms. The topological polar surface area (TPSA) is 114 Å². The molecule has 2 aliphatic heterocycles. The number of anilines is 3. The quantitative estimate of drug-likeness (QED) is 0.124. The zero-order valence-corrected chi connectivity index (χ0v) is 31.6. The lowest BCUT2D eigenvalue weighted by molar-refractivity contribution is -0.109. The van der Waals surface area contributed by atoms with Gasteiger partial charge < -0.3 is 21.1 Å². The van der Waals surface area contributed by atoms with Gasteiger partial charge in [0.25, 0.3) is 0 Å². The number of nitrogens with zero attached hydrogens (tertiary/aromatic N) is 3. The molecule has 0 amide bonds. The van der Waals surface area contributed by atoms with E-state index in [1.54, 1.807) is 0 Å². The van der Waals surface area contributed by atoms with Gasteiger partial charge in [0.1, 0.15) is 5.76 Å². The van der Waals surface area contributed by atoms with Crippen LogP contribution in [0.25, 0.3) is 59.8 Å². The molecule has 8 aromatic carbocycles. The Kier molecular flexibility index (Phi) is 6.05. The van der Waals surface area contributed by atoms with Crippen molar-refractivity contribution in [3.8, 4) is 28.3 Å². The van der Waals surface area contributed by atoms with E-state index in [-0.39, 0.29) is 22.7 Å². The summed E-state index contributed by atoms with van der Waals surface area (Å²) in [6, 6.07) is 50.0. The molecule has 2 spiro atoms. The number of fused-ring (bicyclic) bond motifs is 10. The smallest absolute Gasteiger partial charge is 0.201 e. The third-order valence-corrected chi connectivity index (χ3v) is 13.1. The highest BCUT2D eigenvalue weighted by molar-refractivity contribution is 6.52. The fourth-order valence-electron chi connectivity index (χ4n) is 10.5. The first kappa shape index (κ1) is 32.6. The molecule has 4 N–H and O–H groups in total. The van der Waals surface area contributed by atoms with Gasteiger partial charge in [-0.15, -0.1) is 0 Å². The molecule has 0 saturated carbocycles. The summed E-state index contributed by atoms with van der Waals surface area (Å²) in [6.07, 6.45) is 0. The van der Waals surface area contributed by atoms with Crippen LogP contribution in [-0.2, 0) is 16.1 Å². The molecule has 0 fully saturated rings. The summed E-state index contributed by atoms with van der Waals surface area (Å²) in [4.78, 5) is 24.2. The third kappa shape index (κ3) is 3.88. The highest BCUT2D eigenvalue weighted by atomic mass is 16.3. The van der Waals surface area contributed by atoms with Gasteiger partial charge in [-0.05, 0) is 63.4 Å². The van der Waals surface area contributed by atoms with Crippen LogP contribution in [0.3, 0.4) is 0 Å². The van der Waals surface area contributed by atoms with Crippen LogP contribution in [0.2, 0.25) is 0 Å². The zero-order valence-electron chi connectivity index (χ0n) is 31.6. The lowest BCUT2D eigenvalue weighted by Crippen LogP contribution is -2.45. The Morgan fingerprint density at radius 1 is 0.617 bits per heavy atom. The fraction of sp³-hybridized carbons (Fsp3) is 0.0385. The number of ketones is 1. The molecule has 3 aliphatic carbocycles. The maximum absolute atomic E-state index is 14.9. The molecule has 0 bridgehead atoms. The van der Waals surface area contributed by atoms with E-state index in [0.717, 1.165) is 83.1 Å². The summed E-state index contributed by atoms with van der Waals surface area (Å²) in [5, 5.41) is 38.5. The largest absolute Gasteiger partial charge is 0.506 e. The minimum Gasteiger partial charge on any atom is -0.506 e. The molecule has 0 saturated heterocycles. The summed E-state index contributed by atoms with van der Waals surface area (Å²) >= 11 is 0. The van der Waals surface area contributed by atoms with Crippen molar-refractivity contribution in [1.82, 2.24) is 0 Å². The summed E-state index contributed by atoms with van der Waals surface area (Å²) in [6.45, 7) is 7.72. The summed E-state index contributed by atoms with van der Waals surface area (Å²) in [5.41, 5.74) is 10.4. The van der Waals surface area contributed by atoms with E-state index in [0.29, 0.717) is 27.4 Å². The van der Waals surface area contributed by atoms with Gasteiger partial charge in [0, 0.05) is 55.2 Å². The summed E-state index contributed by atoms with van der Waals surface area (Å²) in [7, 11) is 0. The lowest BCUT2D eigenvalue weighted by Gasteiger charge is -2.41. The molecule has 8 aromatic rings. The van der Waals surface area contributed by atoms with Crippen LogP contribution in [0, 0.1) is 17.9 Å². The summed E-state index contributed by atoms with van der Waals surface area (Å²) in [5.74, 6) is -0.358. The van der Waals surface area contributed by atoms with E-state index in [9.17, 15) is 15.2 Å². The van der Waals surface area contributed by atoms with Gasteiger partial charge in [-0.3, -0.25) is 4.79 Å². The number of nitriles is 1.